The van der Waals surface area contributed by atoms with Crippen LogP contribution in [0.15, 0.2) is 22.7 Å². The minimum absolute atomic E-state index is 0.156. The highest BCUT2D eigenvalue weighted by molar-refractivity contribution is 9.10. The third-order valence-electron chi connectivity index (χ3n) is 4.33. The van der Waals surface area contributed by atoms with Gasteiger partial charge in [-0.3, -0.25) is 4.79 Å². The maximum atomic E-state index is 11.0. The van der Waals surface area contributed by atoms with Crippen molar-refractivity contribution in [2.45, 2.75) is 45.1 Å². The van der Waals surface area contributed by atoms with Gasteiger partial charge in [0.1, 0.15) is 0 Å². The van der Waals surface area contributed by atoms with E-state index in [0.717, 1.165) is 17.3 Å². The summed E-state index contributed by atoms with van der Waals surface area (Å²) in [5.74, 6) is -0.382. The van der Waals surface area contributed by atoms with Crippen LogP contribution in [0.1, 0.15) is 56.2 Å². The van der Waals surface area contributed by atoms with Gasteiger partial charge in [0.25, 0.3) is 0 Å². The molecule has 110 valence electrons. The van der Waals surface area contributed by atoms with Crippen molar-refractivity contribution in [2.75, 3.05) is 6.54 Å². The summed E-state index contributed by atoms with van der Waals surface area (Å²) >= 11 is 3.68. The second-order valence-corrected chi connectivity index (χ2v) is 6.38. The summed E-state index contributed by atoms with van der Waals surface area (Å²) in [5.41, 5.74) is 2.53. The number of hydrogen-bond donors (Lipinski definition) is 2. The summed E-state index contributed by atoms with van der Waals surface area (Å²) in [4.78, 5) is 11.0. The molecule has 2 unspecified atom stereocenters. The molecule has 0 bridgehead atoms. The summed E-state index contributed by atoms with van der Waals surface area (Å²) in [5, 5.41) is 12.4. The second-order valence-electron chi connectivity index (χ2n) is 5.53. The van der Waals surface area contributed by atoms with E-state index in [1.54, 1.807) is 0 Å². The third kappa shape index (κ3) is 3.23. The molecule has 1 heterocycles. The van der Waals surface area contributed by atoms with Gasteiger partial charge in [-0.2, -0.15) is 0 Å². The number of nitrogens with one attached hydrogen (secondary N) is 1. The Kier molecular flexibility index (Phi) is 5.22. The van der Waals surface area contributed by atoms with E-state index < -0.39 is 5.97 Å². The van der Waals surface area contributed by atoms with E-state index >= 15 is 0 Å². The molecule has 1 aromatic carbocycles. The molecule has 0 aliphatic carbocycles. The predicted octanol–water partition coefficient (Wildman–Crippen LogP) is 4.09. The van der Waals surface area contributed by atoms with E-state index in [1.807, 2.05) is 0 Å². The normalized spacial score (nSPS) is 22.4. The van der Waals surface area contributed by atoms with Crippen molar-refractivity contribution in [3.8, 4) is 0 Å². The van der Waals surface area contributed by atoms with Crippen molar-refractivity contribution in [3.63, 3.8) is 0 Å². The fraction of sp³-hybridized carbons (Fsp3) is 0.562. The Morgan fingerprint density at radius 2 is 2.15 bits per heavy atom. The number of halogens is 1. The highest BCUT2D eigenvalue weighted by Gasteiger charge is 2.30. The highest BCUT2D eigenvalue weighted by atomic mass is 79.9. The number of carbonyl (C=O) groups is 1. The van der Waals surface area contributed by atoms with Gasteiger partial charge < -0.3 is 10.4 Å². The Balaban J connectivity index is 2.15. The molecule has 1 aliphatic heterocycles. The van der Waals surface area contributed by atoms with Gasteiger partial charge in [-0.1, -0.05) is 41.9 Å². The van der Waals surface area contributed by atoms with Crippen LogP contribution in [0, 0.1) is 5.92 Å². The van der Waals surface area contributed by atoms with Crippen LogP contribution in [0.2, 0.25) is 0 Å². The third-order valence-corrected chi connectivity index (χ3v) is 5.02. The number of carboxylic acids is 1. The monoisotopic (exact) mass is 339 g/mol. The zero-order valence-electron chi connectivity index (χ0n) is 12.0. The van der Waals surface area contributed by atoms with Crippen LogP contribution < -0.4 is 5.32 Å². The zero-order chi connectivity index (χ0) is 14.7. The van der Waals surface area contributed by atoms with E-state index in [1.165, 1.54) is 11.1 Å². The Labute approximate surface area is 128 Å². The quantitative estimate of drug-likeness (QED) is 0.849. The molecule has 2 atom stereocenters. The van der Waals surface area contributed by atoms with Crippen LogP contribution in [0.3, 0.4) is 0 Å². The molecule has 4 heteroatoms. The first-order chi connectivity index (χ1) is 9.56. The van der Waals surface area contributed by atoms with Crippen LogP contribution >= 0.6 is 15.9 Å². The van der Waals surface area contributed by atoms with Gasteiger partial charge in [0.05, 0.1) is 5.92 Å². The molecule has 0 spiro atoms. The standard InChI is InChI=1S/C16H22BrNO2/c1-3-10(4-2)13-6-5-11(7-14(13)17)15-8-12(9-18-15)16(19)20/h5-7,10,12,15,18H,3-4,8-9H2,1-2H3,(H,19,20). The topological polar surface area (TPSA) is 49.3 Å². The van der Waals surface area contributed by atoms with Crippen molar-refractivity contribution in [1.82, 2.24) is 5.32 Å². The van der Waals surface area contributed by atoms with Gasteiger partial charge in [0.15, 0.2) is 0 Å². The van der Waals surface area contributed by atoms with Crippen molar-refractivity contribution in [3.05, 3.63) is 33.8 Å². The van der Waals surface area contributed by atoms with Crippen LogP contribution in [-0.2, 0) is 4.79 Å². The average Bonchev–Trinajstić information content (AvgIpc) is 2.91. The molecule has 1 fully saturated rings. The summed E-state index contributed by atoms with van der Waals surface area (Å²) in [7, 11) is 0. The number of carboxylic acid groups (broad SMARTS) is 1. The van der Waals surface area contributed by atoms with Crippen LogP contribution in [0.5, 0.6) is 0 Å². The van der Waals surface area contributed by atoms with E-state index in [0.29, 0.717) is 18.9 Å². The molecule has 1 aliphatic rings. The van der Waals surface area contributed by atoms with Gasteiger partial charge in [-0.05, 0) is 42.4 Å². The number of benzene rings is 1. The van der Waals surface area contributed by atoms with Crippen molar-refractivity contribution in [2.24, 2.45) is 5.92 Å². The molecule has 0 radical (unpaired) electrons. The van der Waals surface area contributed by atoms with Gasteiger partial charge >= 0.3 is 5.97 Å². The first kappa shape index (κ1) is 15.5. The largest absolute Gasteiger partial charge is 0.481 e. The van der Waals surface area contributed by atoms with Gasteiger partial charge in [0.2, 0.25) is 0 Å². The minimum atomic E-state index is -0.701. The molecule has 0 amide bonds. The fourth-order valence-electron chi connectivity index (χ4n) is 3.00. The maximum absolute atomic E-state index is 11.0. The smallest absolute Gasteiger partial charge is 0.307 e. The minimum Gasteiger partial charge on any atom is -0.481 e. The van der Waals surface area contributed by atoms with Crippen molar-refractivity contribution >= 4 is 21.9 Å². The summed E-state index contributed by atoms with van der Waals surface area (Å²) in [6, 6.07) is 6.63. The van der Waals surface area contributed by atoms with E-state index in [9.17, 15) is 4.79 Å². The summed E-state index contributed by atoms with van der Waals surface area (Å²) < 4.78 is 1.14. The zero-order valence-corrected chi connectivity index (χ0v) is 13.6. The SMILES string of the molecule is CCC(CC)c1ccc(C2CC(C(=O)O)CN2)cc1Br. The number of hydrogen-bond acceptors (Lipinski definition) is 2. The molecule has 2 N–H and O–H groups in total. The molecule has 3 nitrogen and oxygen atoms in total. The number of aliphatic carboxylic acids is 1. The van der Waals surface area contributed by atoms with Crippen molar-refractivity contribution < 1.29 is 9.90 Å². The molecule has 1 saturated heterocycles. The lowest BCUT2D eigenvalue weighted by atomic mass is 9.91. The summed E-state index contributed by atoms with van der Waals surface area (Å²) in [6.07, 6.45) is 2.94. The molecule has 0 aromatic heterocycles. The Hall–Kier alpha value is -0.870. The first-order valence-electron chi connectivity index (χ1n) is 7.32. The van der Waals surface area contributed by atoms with E-state index in [-0.39, 0.29) is 12.0 Å². The highest BCUT2D eigenvalue weighted by Crippen LogP contribution is 2.34. The second kappa shape index (κ2) is 6.72. The van der Waals surface area contributed by atoms with Crippen LogP contribution in [-0.4, -0.2) is 17.6 Å². The first-order valence-corrected chi connectivity index (χ1v) is 8.11. The maximum Gasteiger partial charge on any atom is 0.307 e. The molecule has 20 heavy (non-hydrogen) atoms. The van der Waals surface area contributed by atoms with Gasteiger partial charge in [0, 0.05) is 17.1 Å². The predicted molar refractivity (Wildman–Crippen MR) is 84.0 cm³/mol. The Morgan fingerprint density at radius 1 is 1.45 bits per heavy atom. The van der Waals surface area contributed by atoms with Crippen LogP contribution in [0.25, 0.3) is 0 Å². The molecule has 0 saturated carbocycles. The molecule has 1 aromatic rings. The van der Waals surface area contributed by atoms with Crippen LogP contribution in [0.4, 0.5) is 0 Å². The number of rotatable bonds is 5. The molecule has 2 rings (SSSR count). The lowest BCUT2D eigenvalue weighted by Crippen LogP contribution is -2.17. The molecular weight excluding hydrogens is 318 g/mol. The Morgan fingerprint density at radius 3 is 2.65 bits per heavy atom. The lowest BCUT2D eigenvalue weighted by molar-refractivity contribution is -0.141. The molecular formula is C16H22BrNO2. The lowest BCUT2D eigenvalue weighted by Gasteiger charge is -2.18. The summed E-state index contributed by atoms with van der Waals surface area (Å²) in [6.45, 7) is 4.99. The fourth-order valence-corrected chi connectivity index (χ4v) is 3.72. The average molecular weight is 340 g/mol. The van der Waals surface area contributed by atoms with Gasteiger partial charge in [-0.15, -0.1) is 0 Å². The Bertz CT molecular complexity index is 485. The van der Waals surface area contributed by atoms with Gasteiger partial charge in [-0.25, -0.2) is 0 Å². The van der Waals surface area contributed by atoms with E-state index in [2.05, 4.69) is 53.3 Å². The van der Waals surface area contributed by atoms with Crippen molar-refractivity contribution in [1.29, 1.82) is 0 Å². The van der Waals surface area contributed by atoms with E-state index in [4.69, 9.17) is 5.11 Å².